The van der Waals surface area contributed by atoms with Crippen molar-refractivity contribution < 1.29 is 28.4 Å². The van der Waals surface area contributed by atoms with E-state index in [-0.39, 0.29) is 0 Å². The summed E-state index contributed by atoms with van der Waals surface area (Å²) in [5.74, 6) is -0.734. The number of nitrogens with one attached hydrogen (secondary N) is 1. The highest BCUT2D eigenvalue weighted by atomic mass is 16.6. The van der Waals surface area contributed by atoms with Crippen LogP contribution in [0.5, 0.6) is 0 Å². The number of hydrogen-bond acceptors (Lipinski definition) is 7. The lowest BCUT2D eigenvalue weighted by Crippen LogP contribution is -2.48. The van der Waals surface area contributed by atoms with Crippen molar-refractivity contribution in [3.8, 4) is 0 Å². The van der Waals surface area contributed by atoms with E-state index >= 15 is 0 Å². The minimum atomic E-state index is -1.13. The normalized spacial score (nSPS) is 11.3. The molecule has 10 heteroatoms. The number of amides is 2. The summed E-state index contributed by atoms with van der Waals surface area (Å²) in [6.45, 7) is 6.31. The van der Waals surface area contributed by atoms with Crippen molar-refractivity contribution in [2.45, 2.75) is 39.9 Å². The molecule has 0 fully saturated rings. The van der Waals surface area contributed by atoms with E-state index in [1.807, 2.05) is 5.43 Å². The molecule has 0 aliphatic carbocycles. The van der Waals surface area contributed by atoms with Gasteiger partial charge in [0.05, 0.1) is 18.6 Å². The smallest absolute Gasteiger partial charge is 0.472 e. The van der Waals surface area contributed by atoms with E-state index in [1.165, 1.54) is 18.6 Å². The number of rotatable bonds is 5. The summed E-state index contributed by atoms with van der Waals surface area (Å²) in [5.41, 5.74) is 2.33. The minimum Gasteiger partial charge on any atom is -0.472 e. The monoisotopic (exact) mass is 341 g/mol. The molecule has 24 heavy (non-hydrogen) atoms. The van der Waals surface area contributed by atoms with Crippen molar-refractivity contribution >= 4 is 18.3 Å². The number of hydrogen-bond donors (Lipinski definition) is 1. The molecule has 0 aliphatic rings. The van der Waals surface area contributed by atoms with Gasteiger partial charge in [-0.25, -0.2) is 4.79 Å². The lowest BCUT2D eigenvalue weighted by atomic mass is 10.3. The molecule has 0 aromatic carbocycles. The van der Waals surface area contributed by atoms with Crippen LogP contribution in [0.3, 0.4) is 0 Å². The van der Waals surface area contributed by atoms with Crippen LogP contribution in [0.4, 0.5) is 9.59 Å². The second kappa shape index (κ2) is 8.56. The van der Waals surface area contributed by atoms with E-state index in [4.69, 9.17) is 13.9 Å². The summed E-state index contributed by atoms with van der Waals surface area (Å²) < 4.78 is 14.6. The number of nitrogens with zero attached hydrogens (tertiary/aromatic N) is 2. The Morgan fingerprint density at radius 1 is 1.29 bits per heavy atom. The van der Waals surface area contributed by atoms with Crippen molar-refractivity contribution in [1.29, 1.82) is 0 Å². The van der Waals surface area contributed by atoms with Gasteiger partial charge in [0.1, 0.15) is 6.10 Å². The van der Waals surface area contributed by atoms with Crippen LogP contribution in [0, 0.1) is 10.1 Å². The van der Waals surface area contributed by atoms with Crippen LogP contribution in [0.25, 0.3) is 6.08 Å². The molecule has 10 nitrogen and oxygen atoms in total. The molecule has 1 N–H and O–H groups in total. The molecule has 1 aromatic rings. The first-order chi connectivity index (χ1) is 11.2. The van der Waals surface area contributed by atoms with Gasteiger partial charge in [-0.1, -0.05) is 0 Å². The third-order valence-corrected chi connectivity index (χ3v) is 2.32. The second-order valence-corrected chi connectivity index (χ2v) is 5.15. The molecule has 0 atom stereocenters. The van der Waals surface area contributed by atoms with Gasteiger partial charge in [0, 0.05) is 11.6 Å². The number of carbonyl (C=O) groups is 2. The van der Waals surface area contributed by atoms with E-state index < -0.39 is 35.1 Å². The third-order valence-electron chi connectivity index (χ3n) is 2.32. The Bertz CT molecular complexity index is 608. The van der Waals surface area contributed by atoms with E-state index in [1.54, 1.807) is 27.7 Å². The summed E-state index contributed by atoms with van der Waals surface area (Å²) in [5, 5.41) is 11.7. The summed E-state index contributed by atoms with van der Waals surface area (Å²) in [7, 11) is 0. The SMILES string of the molecule is CC(C)OC(=O)NN(C(=O)OC(C)C)/C(=C/c1ccoc1)[N+](=O)[O-]. The zero-order valence-corrected chi connectivity index (χ0v) is 13.7. The molecule has 0 saturated heterocycles. The molecule has 1 aromatic heterocycles. The number of furan rings is 1. The Kier molecular flexibility index (Phi) is 6.78. The van der Waals surface area contributed by atoms with Gasteiger partial charge < -0.3 is 24.0 Å². The van der Waals surface area contributed by atoms with Crippen molar-refractivity contribution in [2.75, 3.05) is 0 Å². The lowest BCUT2D eigenvalue weighted by molar-refractivity contribution is -0.443. The summed E-state index contributed by atoms with van der Waals surface area (Å²) >= 11 is 0. The van der Waals surface area contributed by atoms with Crippen LogP contribution in [-0.2, 0) is 9.47 Å². The largest absolute Gasteiger partial charge is 0.532 e. The molecule has 0 bridgehead atoms. The highest BCUT2D eigenvalue weighted by molar-refractivity contribution is 5.76. The highest BCUT2D eigenvalue weighted by Gasteiger charge is 2.35. The number of carbonyl (C=O) groups excluding carboxylic acids is 2. The van der Waals surface area contributed by atoms with E-state index in [0.717, 1.165) is 6.08 Å². The Morgan fingerprint density at radius 3 is 2.38 bits per heavy atom. The molecule has 0 spiro atoms. The Morgan fingerprint density at radius 2 is 1.92 bits per heavy atom. The first-order valence-electron chi connectivity index (χ1n) is 7.07. The molecule has 1 heterocycles. The quantitative estimate of drug-likeness (QED) is 0.645. The molecule has 132 valence electrons. The van der Waals surface area contributed by atoms with Crippen LogP contribution in [-0.4, -0.2) is 34.3 Å². The van der Waals surface area contributed by atoms with E-state index in [2.05, 4.69) is 0 Å². The van der Waals surface area contributed by atoms with Crippen LogP contribution in [0.2, 0.25) is 0 Å². The summed E-state index contributed by atoms with van der Waals surface area (Å²) in [4.78, 5) is 34.3. The van der Waals surface area contributed by atoms with Gasteiger partial charge in [0.2, 0.25) is 0 Å². The maximum absolute atomic E-state index is 12.1. The van der Waals surface area contributed by atoms with Crippen LogP contribution in [0.15, 0.2) is 28.8 Å². The first-order valence-corrected chi connectivity index (χ1v) is 7.07. The summed E-state index contributed by atoms with van der Waals surface area (Å²) in [6.07, 6.45) is 0.390. The van der Waals surface area contributed by atoms with Gasteiger partial charge in [-0.2, -0.15) is 4.79 Å². The van der Waals surface area contributed by atoms with Gasteiger partial charge in [0.25, 0.3) is 0 Å². The van der Waals surface area contributed by atoms with Gasteiger partial charge >= 0.3 is 18.0 Å². The zero-order chi connectivity index (χ0) is 18.3. The molecule has 0 unspecified atom stereocenters. The van der Waals surface area contributed by atoms with Gasteiger partial charge in [-0.05, 0) is 43.7 Å². The maximum Gasteiger partial charge on any atom is 0.532 e. The molecule has 2 amide bonds. The average Bonchev–Trinajstić information content (AvgIpc) is 2.93. The molecule has 0 saturated carbocycles. The maximum atomic E-state index is 12.1. The van der Waals surface area contributed by atoms with Crippen molar-refractivity contribution in [2.24, 2.45) is 0 Å². The highest BCUT2D eigenvalue weighted by Crippen LogP contribution is 2.13. The van der Waals surface area contributed by atoms with E-state index in [0.29, 0.717) is 10.6 Å². The van der Waals surface area contributed by atoms with Gasteiger partial charge in [-0.3, -0.25) is 0 Å². The zero-order valence-electron chi connectivity index (χ0n) is 13.7. The minimum absolute atomic E-state index is 0.322. The Hall–Kier alpha value is -3.04. The Labute approximate surface area is 138 Å². The van der Waals surface area contributed by atoms with Crippen molar-refractivity contribution in [3.63, 3.8) is 0 Å². The second-order valence-electron chi connectivity index (χ2n) is 5.15. The fourth-order valence-electron chi connectivity index (χ4n) is 1.49. The molecule has 0 aliphatic heterocycles. The molecule has 0 radical (unpaired) electrons. The lowest BCUT2D eigenvalue weighted by Gasteiger charge is -2.18. The van der Waals surface area contributed by atoms with Crippen LogP contribution >= 0.6 is 0 Å². The number of hydrazine groups is 1. The average molecular weight is 341 g/mol. The van der Waals surface area contributed by atoms with Crippen LogP contribution in [0.1, 0.15) is 33.3 Å². The standard InChI is InChI=1S/C14H19N3O7/c1-9(2)23-13(18)15-16(14(19)24-10(3)4)12(17(20)21)7-11-5-6-22-8-11/h5-10H,1-4H3,(H,15,18)/b12-7-. The predicted octanol–water partition coefficient (Wildman–Crippen LogP) is 2.75. The third kappa shape index (κ3) is 5.99. The number of nitro groups is 1. The fraction of sp³-hybridized carbons (Fsp3) is 0.429. The molecular weight excluding hydrogens is 322 g/mol. The van der Waals surface area contributed by atoms with Crippen LogP contribution < -0.4 is 5.43 Å². The first kappa shape index (κ1) is 19.0. The molecule has 1 rings (SSSR count). The Balaban J connectivity index is 3.14. The van der Waals surface area contributed by atoms with Gasteiger partial charge in [-0.15, -0.1) is 5.43 Å². The molecular formula is C14H19N3O7. The summed E-state index contributed by atoms with van der Waals surface area (Å²) in [6, 6.07) is 1.45. The topological polar surface area (TPSA) is 124 Å². The van der Waals surface area contributed by atoms with Gasteiger partial charge in [0.15, 0.2) is 0 Å². The van der Waals surface area contributed by atoms with Crippen molar-refractivity contribution in [1.82, 2.24) is 10.4 Å². The fourth-order valence-corrected chi connectivity index (χ4v) is 1.49. The number of ether oxygens (including phenoxy) is 2. The van der Waals surface area contributed by atoms with Crippen molar-refractivity contribution in [3.05, 3.63) is 40.1 Å². The predicted molar refractivity (Wildman–Crippen MR) is 81.9 cm³/mol. The van der Waals surface area contributed by atoms with E-state index in [9.17, 15) is 19.7 Å².